The normalized spacial score (nSPS) is 10.3. The maximum Gasteiger partial charge on any atom is 0.339 e. The lowest BCUT2D eigenvalue weighted by molar-refractivity contribution is -0.107. The molecule has 0 atom stereocenters. The molecule has 84 valence electrons. The molecule has 0 N–H and O–H groups in total. The fourth-order valence-corrected chi connectivity index (χ4v) is 1.13. The monoisotopic (exact) mass is 219 g/mol. The first kappa shape index (κ1) is 12.1. The summed E-state index contributed by atoms with van der Waals surface area (Å²) >= 11 is 0. The lowest BCUT2D eigenvalue weighted by Gasteiger charge is -2.01. The van der Waals surface area contributed by atoms with Crippen LogP contribution in [0.3, 0.4) is 0 Å². The molecule has 0 spiro atoms. The zero-order chi connectivity index (χ0) is 11.8. The van der Waals surface area contributed by atoms with E-state index in [4.69, 9.17) is 4.74 Å². The van der Waals surface area contributed by atoms with Crippen molar-refractivity contribution in [3.05, 3.63) is 35.7 Å². The molecule has 0 bridgehead atoms. The quantitative estimate of drug-likeness (QED) is 0.560. The Kier molecular flexibility index (Phi) is 4.92. The van der Waals surface area contributed by atoms with Crippen LogP contribution in [0.15, 0.2) is 24.5 Å². The Hall–Kier alpha value is -1.97. The number of aldehydes is 1. The van der Waals surface area contributed by atoms with Crippen molar-refractivity contribution in [3.8, 4) is 0 Å². The highest BCUT2D eigenvalue weighted by Crippen LogP contribution is 2.06. The molecule has 1 aromatic rings. The molecule has 1 rings (SSSR count). The molecule has 0 aliphatic rings. The van der Waals surface area contributed by atoms with Crippen molar-refractivity contribution >= 4 is 18.3 Å². The second-order valence-corrected chi connectivity index (χ2v) is 3.03. The lowest BCUT2D eigenvalue weighted by atomic mass is 10.2. The highest BCUT2D eigenvalue weighted by atomic mass is 16.5. The summed E-state index contributed by atoms with van der Waals surface area (Å²) in [6, 6.07) is 1.67. The van der Waals surface area contributed by atoms with Gasteiger partial charge in [0.15, 0.2) is 0 Å². The average molecular weight is 219 g/mol. The Morgan fingerprint density at radius 3 is 3.00 bits per heavy atom. The minimum absolute atomic E-state index is 0.337. The van der Waals surface area contributed by atoms with Crippen LogP contribution in [0.5, 0.6) is 0 Å². The van der Waals surface area contributed by atoms with Crippen molar-refractivity contribution in [1.82, 2.24) is 4.98 Å². The Morgan fingerprint density at radius 1 is 1.50 bits per heavy atom. The SMILES string of the molecule is CCOC(=O)c1cncc(C=CCC=O)c1. The molecule has 0 amide bonds. The van der Waals surface area contributed by atoms with E-state index in [0.717, 1.165) is 11.8 Å². The highest BCUT2D eigenvalue weighted by molar-refractivity contribution is 5.89. The van der Waals surface area contributed by atoms with E-state index in [9.17, 15) is 9.59 Å². The summed E-state index contributed by atoms with van der Waals surface area (Å²) in [6.07, 6.45) is 7.67. The predicted molar refractivity (Wildman–Crippen MR) is 59.9 cm³/mol. The van der Waals surface area contributed by atoms with Gasteiger partial charge in [0.25, 0.3) is 0 Å². The zero-order valence-electron chi connectivity index (χ0n) is 9.05. The number of nitrogens with zero attached hydrogens (tertiary/aromatic N) is 1. The minimum atomic E-state index is -0.388. The van der Waals surface area contributed by atoms with Gasteiger partial charge in [0.05, 0.1) is 12.2 Å². The number of carbonyl (C=O) groups excluding carboxylic acids is 2. The standard InChI is InChI=1S/C12H13NO3/c1-2-16-12(15)11-7-10(8-13-9-11)5-3-4-6-14/h3,5-9H,2,4H2,1H3. The van der Waals surface area contributed by atoms with E-state index >= 15 is 0 Å². The number of allylic oxidation sites excluding steroid dienone is 1. The summed E-state index contributed by atoms with van der Waals surface area (Å²) in [5.74, 6) is -0.388. The molecule has 4 heteroatoms. The third kappa shape index (κ3) is 3.65. The van der Waals surface area contributed by atoms with Gasteiger partial charge in [0.1, 0.15) is 6.29 Å². The van der Waals surface area contributed by atoms with Crippen LogP contribution in [-0.4, -0.2) is 23.8 Å². The molecule has 0 aromatic carbocycles. The van der Waals surface area contributed by atoms with Gasteiger partial charge < -0.3 is 9.53 Å². The molecule has 4 nitrogen and oxygen atoms in total. The van der Waals surface area contributed by atoms with Gasteiger partial charge in [-0.1, -0.05) is 12.2 Å². The molecule has 0 aliphatic carbocycles. The first-order valence-electron chi connectivity index (χ1n) is 5.00. The van der Waals surface area contributed by atoms with Gasteiger partial charge in [0, 0.05) is 18.8 Å². The van der Waals surface area contributed by atoms with Crippen LogP contribution in [0.2, 0.25) is 0 Å². The first-order chi connectivity index (χ1) is 7.77. The van der Waals surface area contributed by atoms with Crippen molar-refractivity contribution in [2.75, 3.05) is 6.61 Å². The highest BCUT2D eigenvalue weighted by Gasteiger charge is 2.06. The number of hydrogen-bond donors (Lipinski definition) is 0. The molecule has 0 aliphatic heterocycles. The molecule has 16 heavy (non-hydrogen) atoms. The molecular weight excluding hydrogens is 206 g/mol. The second-order valence-electron chi connectivity index (χ2n) is 3.03. The van der Waals surface area contributed by atoms with Gasteiger partial charge in [-0.3, -0.25) is 4.98 Å². The molecule has 0 saturated carbocycles. The number of rotatable bonds is 5. The molecule has 1 heterocycles. The van der Waals surface area contributed by atoms with Gasteiger partial charge in [0.2, 0.25) is 0 Å². The van der Waals surface area contributed by atoms with Crippen LogP contribution in [-0.2, 0) is 9.53 Å². The minimum Gasteiger partial charge on any atom is -0.462 e. The van der Waals surface area contributed by atoms with E-state index in [1.807, 2.05) is 0 Å². The second kappa shape index (κ2) is 6.50. The van der Waals surface area contributed by atoms with Gasteiger partial charge in [-0.2, -0.15) is 0 Å². The molecule has 0 saturated heterocycles. The summed E-state index contributed by atoms with van der Waals surface area (Å²) in [5, 5.41) is 0. The largest absolute Gasteiger partial charge is 0.462 e. The molecular formula is C12H13NO3. The van der Waals surface area contributed by atoms with Crippen molar-refractivity contribution in [1.29, 1.82) is 0 Å². The van der Waals surface area contributed by atoms with Crippen LogP contribution in [0.4, 0.5) is 0 Å². The van der Waals surface area contributed by atoms with E-state index in [0.29, 0.717) is 18.6 Å². The van der Waals surface area contributed by atoms with Crippen molar-refractivity contribution in [2.24, 2.45) is 0 Å². The number of ether oxygens (including phenoxy) is 1. The van der Waals surface area contributed by atoms with Crippen LogP contribution < -0.4 is 0 Å². The maximum atomic E-state index is 11.4. The summed E-state index contributed by atoms with van der Waals surface area (Å²) in [4.78, 5) is 25.4. The van der Waals surface area contributed by atoms with Crippen LogP contribution in [0, 0.1) is 0 Å². The van der Waals surface area contributed by atoms with Crippen LogP contribution in [0.1, 0.15) is 29.3 Å². The van der Waals surface area contributed by atoms with Crippen LogP contribution in [0.25, 0.3) is 6.08 Å². The Balaban J connectivity index is 2.78. The third-order valence-corrected chi connectivity index (χ3v) is 1.81. The smallest absolute Gasteiger partial charge is 0.339 e. The number of hydrogen-bond acceptors (Lipinski definition) is 4. The van der Waals surface area contributed by atoms with Gasteiger partial charge in [-0.25, -0.2) is 4.79 Å². The summed E-state index contributed by atoms with van der Waals surface area (Å²) in [5.41, 5.74) is 1.18. The molecule has 0 fully saturated rings. The number of aromatic nitrogens is 1. The van der Waals surface area contributed by atoms with E-state index < -0.39 is 0 Å². The van der Waals surface area contributed by atoms with Crippen LogP contribution >= 0.6 is 0 Å². The van der Waals surface area contributed by atoms with Crippen molar-refractivity contribution < 1.29 is 14.3 Å². The number of pyridine rings is 1. The third-order valence-electron chi connectivity index (χ3n) is 1.81. The van der Waals surface area contributed by atoms with E-state index in [-0.39, 0.29) is 5.97 Å². The molecule has 1 aromatic heterocycles. The topological polar surface area (TPSA) is 56.3 Å². The zero-order valence-corrected chi connectivity index (χ0v) is 9.05. The van der Waals surface area contributed by atoms with Gasteiger partial charge in [-0.15, -0.1) is 0 Å². The fourth-order valence-electron chi connectivity index (χ4n) is 1.13. The predicted octanol–water partition coefficient (Wildman–Crippen LogP) is 1.86. The van der Waals surface area contributed by atoms with Crippen molar-refractivity contribution in [2.45, 2.75) is 13.3 Å². The first-order valence-corrected chi connectivity index (χ1v) is 5.00. The number of esters is 1. The van der Waals surface area contributed by atoms with Gasteiger partial charge >= 0.3 is 5.97 Å². The Bertz CT molecular complexity index is 399. The van der Waals surface area contributed by atoms with E-state index in [1.54, 1.807) is 31.3 Å². The maximum absolute atomic E-state index is 11.4. The summed E-state index contributed by atoms with van der Waals surface area (Å²) in [6.45, 7) is 2.09. The fraction of sp³-hybridized carbons (Fsp3) is 0.250. The Morgan fingerprint density at radius 2 is 2.31 bits per heavy atom. The van der Waals surface area contributed by atoms with E-state index in [1.165, 1.54) is 6.20 Å². The van der Waals surface area contributed by atoms with Gasteiger partial charge in [-0.05, 0) is 18.6 Å². The summed E-state index contributed by atoms with van der Waals surface area (Å²) < 4.78 is 4.85. The average Bonchev–Trinajstić information content (AvgIpc) is 2.30. The van der Waals surface area contributed by atoms with Crippen molar-refractivity contribution in [3.63, 3.8) is 0 Å². The molecule has 0 radical (unpaired) electrons. The number of carbonyl (C=O) groups is 2. The molecule has 0 unspecified atom stereocenters. The van der Waals surface area contributed by atoms with E-state index in [2.05, 4.69) is 4.98 Å². The summed E-state index contributed by atoms with van der Waals surface area (Å²) in [7, 11) is 0. The lowest BCUT2D eigenvalue weighted by Crippen LogP contribution is -2.05. The Labute approximate surface area is 94.0 Å².